The lowest BCUT2D eigenvalue weighted by Gasteiger charge is -2.15. The molecule has 1 heterocycles. The van der Waals surface area contributed by atoms with Crippen molar-refractivity contribution in [3.63, 3.8) is 0 Å². The van der Waals surface area contributed by atoms with Crippen molar-refractivity contribution in [3.05, 3.63) is 42.1 Å². The average Bonchev–Trinajstić information content (AvgIpc) is 2.38. The highest BCUT2D eigenvalue weighted by molar-refractivity contribution is 6.59. The van der Waals surface area contributed by atoms with Gasteiger partial charge in [-0.1, -0.05) is 12.1 Å². The van der Waals surface area contributed by atoms with Crippen LogP contribution in [0.2, 0.25) is 0 Å². The highest BCUT2D eigenvalue weighted by atomic mass is 19.4. The van der Waals surface area contributed by atoms with Gasteiger partial charge in [-0.3, -0.25) is 4.98 Å². The fourth-order valence-corrected chi connectivity index (χ4v) is 1.98. The molecule has 0 saturated heterocycles. The minimum absolute atomic E-state index is 0.120. The van der Waals surface area contributed by atoms with E-state index in [0.29, 0.717) is 5.56 Å². The number of ether oxygens (including phenoxy) is 1. The molecule has 0 fully saturated rings. The number of alkyl halides is 3. The number of hydrogen-bond acceptors (Lipinski definition) is 4. The number of hydrogen-bond donors (Lipinski definition) is 2. The first kappa shape index (κ1) is 15.3. The van der Waals surface area contributed by atoms with Gasteiger partial charge in [0.05, 0.1) is 5.69 Å². The third-order valence-electron chi connectivity index (χ3n) is 2.89. The number of halogens is 3. The molecule has 4 nitrogen and oxygen atoms in total. The van der Waals surface area contributed by atoms with Gasteiger partial charge in [0.25, 0.3) is 0 Å². The van der Waals surface area contributed by atoms with Gasteiger partial charge in [-0.05, 0) is 36.1 Å². The Morgan fingerprint density at radius 1 is 1.14 bits per heavy atom. The van der Waals surface area contributed by atoms with Crippen molar-refractivity contribution >= 4 is 12.6 Å². The molecule has 0 bridgehead atoms. The van der Waals surface area contributed by atoms with Crippen LogP contribution in [-0.4, -0.2) is 28.5 Å². The fraction of sp³-hybridized carbons (Fsp3) is 0.154. The van der Waals surface area contributed by atoms with Crippen LogP contribution in [-0.2, 0) is 0 Å². The van der Waals surface area contributed by atoms with E-state index >= 15 is 0 Å². The van der Waals surface area contributed by atoms with Gasteiger partial charge in [0.15, 0.2) is 0 Å². The summed E-state index contributed by atoms with van der Waals surface area (Å²) in [5, 5.41) is 18.5. The Morgan fingerprint density at radius 3 is 2.43 bits per heavy atom. The van der Waals surface area contributed by atoms with Crippen LogP contribution >= 0.6 is 0 Å². The molecule has 0 amide bonds. The van der Waals surface area contributed by atoms with Gasteiger partial charge in [-0.2, -0.15) is 0 Å². The summed E-state index contributed by atoms with van der Waals surface area (Å²) in [6.07, 6.45) is -3.53. The number of rotatable bonds is 3. The van der Waals surface area contributed by atoms with Crippen molar-refractivity contribution in [3.8, 4) is 17.0 Å². The largest absolute Gasteiger partial charge is 0.573 e. The molecule has 21 heavy (non-hydrogen) atoms. The van der Waals surface area contributed by atoms with E-state index in [-0.39, 0.29) is 16.7 Å². The lowest BCUT2D eigenvalue weighted by molar-refractivity contribution is -0.274. The molecule has 0 atom stereocenters. The zero-order chi connectivity index (χ0) is 15.6. The molecule has 0 aliphatic carbocycles. The summed E-state index contributed by atoms with van der Waals surface area (Å²) in [4.78, 5) is 4.01. The maximum atomic E-state index is 12.4. The molecule has 0 spiro atoms. The van der Waals surface area contributed by atoms with E-state index in [1.165, 1.54) is 30.5 Å². The number of pyridine rings is 1. The van der Waals surface area contributed by atoms with Gasteiger partial charge in [0.2, 0.25) is 0 Å². The molecule has 0 aliphatic heterocycles. The van der Waals surface area contributed by atoms with Crippen LogP contribution in [0.5, 0.6) is 5.75 Å². The molecule has 0 saturated carbocycles. The fourth-order valence-electron chi connectivity index (χ4n) is 1.98. The molecule has 0 radical (unpaired) electrons. The Balaban J connectivity index is 2.55. The molecule has 2 N–H and O–H groups in total. The Bertz CT molecular complexity index is 647. The summed E-state index contributed by atoms with van der Waals surface area (Å²) >= 11 is 0. The Hall–Kier alpha value is -2.06. The Kier molecular flexibility index (Phi) is 4.20. The Labute approximate surface area is 119 Å². The summed E-state index contributed by atoms with van der Waals surface area (Å²) in [7, 11) is -1.73. The van der Waals surface area contributed by atoms with Gasteiger partial charge in [-0.15, -0.1) is 13.2 Å². The van der Waals surface area contributed by atoms with E-state index in [1.807, 2.05) is 0 Å². The van der Waals surface area contributed by atoms with E-state index in [9.17, 15) is 23.2 Å². The second-order valence-corrected chi connectivity index (χ2v) is 4.29. The van der Waals surface area contributed by atoms with Crippen LogP contribution in [0.1, 0.15) is 5.56 Å². The number of benzene rings is 1. The van der Waals surface area contributed by atoms with Crippen molar-refractivity contribution in [2.75, 3.05) is 0 Å². The van der Waals surface area contributed by atoms with Gasteiger partial charge >= 0.3 is 13.5 Å². The maximum Gasteiger partial charge on any atom is 0.573 e. The summed E-state index contributed by atoms with van der Waals surface area (Å²) in [6, 6.07) is 6.93. The quantitative estimate of drug-likeness (QED) is 0.845. The van der Waals surface area contributed by atoms with Crippen LogP contribution in [0.3, 0.4) is 0 Å². The SMILES string of the molecule is Cc1c(B(O)O)ccnc1-c1ccccc1OC(F)(F)F. The standard InChI is InChI=1S/C13H11BF3NO3/c1-8-10(14(19)20)6-7-18-12(8)9-4-2-3-5-11(9)21-13(15,16)17/h2-7,19-20H,1H3. The normalized spacial score (nSPS) is 11.3. The van der Waals surface area contributed by atoms with Crippen molar-refractivity contribution in [2.45, 2.75) is 13.3 Å². The predicted molar refractivity (Wildman–Crippen MR) is 70.9 cm³/mol. The van der Waals surface area contributed by atoms with Crippen molar-refractivity contribution in [1.29, 1.82) is 0 Å². The third-order valence-corrected chi connectivity index (χ3v) is 2.89. The highest BCUT2D eigenvalue weighted by Gasteiger charge is 2.32. The number of para-hydroxylation sites is 1. The molecule has 0 unspecified atom stereocenters. The zero-order valence-electron chi connectivity index (χ0n) is 10.9. The average molecular weight is 297 g/mol. The molecule has 1 aromatic heterocycles. The third kappa shape index (κ3) is 3.53. The first-order valence-corrected chi connectivity index (χ1v) is 5.96. The van der Waals surface area contributed by atoms with Crippen molar-refractivity contribution in [2.24, 2.45) is 0 Å². The van der Waals surface area contributed by atoms with Crippen molar-refractivity contribution < 1.29 is 28.0 Å². The first-order valence-electron chi connectivity index (χ1n) is 5.96. The molecule has 2 aromatic rings. The Morgan fingerprint density at radius 2 is 1.81 bits per heavy atom. The lowest BCUT2D eigenvalue weighted by Crippen LogP contribution is -2.32. The monoisotopic (exact) mass is 297 g/mol. The smallest absolute Gasteiger partial charge is 0.423 e. The van der Waals surface area contributed by atoms with Crippen LogP contribution in [0, 0.1) is 6.92 Å². The maximum absolute atomic E-state index is 12.4. The van der Waals surface area contributed by atoms with Gasteiger partial charge in [0, 0.05) is 11.8 Å². The minimum Gasteiger partial charge on any atom is -0.423 e. The summed E-state index contributed by atoms with van der Waals surface area (Å²) in [5.74, 6) is -0.398. The number of aromatic nitrogens is 1. The highest BCUT2D eigenvalue weighted by Crippen LogP contribution is 2.33. The summed E-state index contributed by atoms with van der Waals surface area (Å²) < 4.78 is 41.2. The van der Waals surface area contributed by atoms with E-state index < -0.39 is 19.2 Å². The van der Waals surface area contributed by atoms with Crippen LogP contribution in [0.4, 0.5) is 13.2 Å². The van der Waals surface area contributed by atoms with E-state index in [2.05, 4.69) is 9.72 Å². The molecule has 2 rings (SSSR count). The second-order valence-electron chi connectivity index (χ2n) is 4.29. The molecular weight excluding hydrogens is 286 g/mol. The van der Waals surface area contributed by atoms with Gasteiger partial charge < -0.3 is 14.8 Å². The first-order chi connectivity index (χ1) is 9.79. The topological polar surface area (TPSA) is 62.6 Å². The second kappa shape index (κ2) is 5.75. The van der Waals surface area contributed by atoms with E-state index in [0.717, 1.165) is 0 Å². The molecule has 0 aliphatic rings. The van der Waals surface area contributed by atoms with Gasteiger partial charge in [0.1, 0.15) is 5.75 Å². The molecule has 1 aromatic carbocycles. The summed E-state index contributed by atoms with van der Waals surface area (Å²) in [5.41, 5.74) is 0.850. The van der Waals surface area contributed by atoms with E-state index in [1.54, 1.807) is 13.0 Å². The summed E-state index contributed by atoms with van der Waals surface area (Å²) in [6.45, 7) is 1.54. The molecule has 8 heteroatoms. The number of nitrogens with zero attached hydrogens (tertiary/aromatic N) is 1. The van der Waals surface area contributed by atoms with Crippen molar-refractivity contribution in [1.82, 2.24) is 4.98 Å². The molecular formula is C13H11BF3NO3. The van der Waals surface area contributed by atoms with Crippen LogP contribution in [0.25, 0.3) is 11.3 Å². The predicted octanol–water partition coefficient (Wildman–Crippen LogP) is 1.64. The zero-order valence-corrected chi connectivity index (χ0v) is 10.9. The van der Waals surface area contributed by atoms with E-state index in [4.69, 9.17) is 0 Å². The lowest BCUT2D eigenvalue weighted by atomic mass is 9.77. The minimum atomic E-state index is -4.82. The van der Waals surface area contributed by atoms with Crippen LogP contribution < -0.4 is 10.2 Å². The molecule has 110 valence electrons. The van der Waals surface area contributed by atoms with Crippen LogP contribution in [0.15, 0.2) is 36.5 Å². The van der Waals surface area contributed by atoms with Gasteiger partial charge in [-0.25, -0.2) is 0 Å².